The molecule has 5 nitrogen and oxygen atoms in total. The first-order valence-electron chi connectivity index (χ1n) is 9.06. The van der Waals surface area contributed by atoms with E-state index in [1.54, 1.807) is 0 Å². The highest BCUT2D eigenvalue weighted by atomic mass is 35.5. The standard InChI is InChI=1S/C16H14ClF3N4O.C2H6.C2H4/c1-2-9(17)8-24-14-11(6-7-12(22-14)16(18,19)20)13(23-15(24)25)21-10-4-3-5-10;2*1-2/h2,6-8,10H,1,3-5H2,(H,21,23,25);1-2H3;1-2H2/b9-8-;;. The number of hydrogen-bond acceptors (Lipinski definition) is 4. The van der Waals surface area contributed by atoms with Crippen LogP contribution in [0.1, 0.15) is 38.8 Å². The van der Waals surface area contributed by atoms with Crippen LogP contribution in [0, 0.1) is 0 Å². The molecule has 0 spiro atoms. The summed E-state index contributed by atoms with van der Waals surface area (Å²) in [4.78, 5) is 19.9. The molecule has 9 heteroatoms. The monoisotopic (exact) mass is 428 g/mol. The van der Waals surface area contributed by atoms with Crippen molar-refractivity contribution in [1.29, 1.82) is 0 Å². The van der Waals surface area contributed by atoms with Gasteiger partial charge in [-0.2, -0.15) is 18.2 Å². The lowest BCUT2D eigenvalue weighted by Crippen LogP contribution is -2.30. The van der Waals surface area contributed by atoms with E-state index in [4.69, 9.17) is 11.6 Å². The van der Waals surface area contributed by atoms with Crippen molar-refractivity contribution in [2.24, 2.45) is 0 Å². The predicted molar refractivity (Wildman–Crippen MR) is 113 cm³/mol. The maximum atomic E-state index is 13.0. The molecule has 1 aliphatic rings. The summed E-state index contributed by atoms with van der Waals surface area (Å²) in [6.45, 7) is 13.5. The van der Waals surface area contributed by atoms with E-state index < -0.39 is 17.6 Å². The lowest BCUT2D eigenvalue weighted by atomic mass is 9.93. The second-order valence-electron chi connectivity index (χ2n) is 5.67. The number of pyridine rings is 1. The Morgan fingerprint density at radius 1 is 1.28 bits per heavy atom. The molecule has 0 radical (unpaired) electrons. The summed E-state index contributed by atoms with van der Waals surface area (Å²) in [6, 6.07) is 2.27. The van der Waals surface area contributed by atoms with Gasteiger partial charge in [0.2, 0.25) is 0 Å². The number of nitrogens with zero attached hydrogens (tertiary/aromatic N) is 3. The molecule has 1 saturated carbocycles. The first-order chi connectivity index (χ1) is 13.8. The van der Waals surface area contributed by atoms with E-state index in [2.05, 4.69) is 35.0 Å². The van der Waals surface area contributed by atoms with Crippen molar-refractivity contribution >= 4 is 34.7 Å². The zero-order chi connectivity index (χ0) is 22.2. The second-order valence-corrected chi connectivity index (χ2v) is 6.11. The Labute approximate surface area is 172 Å². The van der Waals surface area contributed by atoms with Crippen LogP contribution in [-0.2, 0) is 6.18 Å². The van der Waals surface area contributed by atoms with Crippen molar-refractivity contribution in [2.45, 2.75) is 45.3 Å². The van der Waals surface area contributed by atoms with Gasteiger partial charge in [-0.15, -0.1) is 13.2 Å². The van der Waals surface area contributed by atoms with E-state index in [1.807, 2.05) is 13.8 Å². The van der Waals surface area contributed by atoms with Gasteiger partial charge in [0, 0.05) is 12.2 Å². The first-order valence-corrected chi connectivity index (χ1v) is 9.44. The van der Waals surface area contributed by atoms with Gasteiger partial charge < -0.3 is 5.32 Å². The van der Waals surface area contributed by atoms with E-state index in [-0.39, 0.29) is 22.5 Å². The fourth-order valence-electron chi connectivity index (χ4n) is 2.42. The van der Waals surface area contributed by atoms with Gasteiger partial charge in [0.05, 0.1) is 10.4 Å². The van der Waals surface area contributed by atoms with Gasteiger partial charge in [-0.25, -0.2) is 14.3 Å². The Balaban J connectivity index is 0.000000989. The van der Waals surface area contributed by atoms with Crippen LogP contribution in [-0.4, -0.2) is 20.6 Å². The third-order valence-corrected chi connectivity index (χ3v) is 4.21. The van der Waals surface area contributed by atoms with Crippen molar-refractivity contribution in [3.05, 3.63) is 59.2 Å². The fraction of sp³-hybridized carbons (Fsp3) is 0.350. The number of aromatic nitrogens is 3. The average Bonchev–Trinajstić information content (AvgIpc) is 2.69. The van der Waals surface area contributed by atoms with Crippen molar-refractivity contribution < 1.29 is 13.2 Å². The summed E-state index contributed by atoms with van der Waals surface area (Å²) in [6.07, 6.45) is 0.665. The highest BCUT2D eigenvalue weighted by Gasteiger charge is 2.33. The van der Waals surface area contributed by atoms with Gasteiger partial charge in [-0.1, -0.05) is 32.0 Å². The summed E-state index contributed by atoms with van der Waals surface area (Å²) in [5.41, 5.74) is -2.05. The SMILES string of the molecule is C=C.C=C/C(Cl)=C/n1c(=O)nc(NC2CCC2)c2ccc(C(F)(F)F)nc21.CC. The van der Waals surface area contributed by atoms with Crippen LogP contribution >= 0.6 is 11.6 Å². The van der Waals surface area contributed by atoms with Crippen LogP contribution in [0.4, 0.5) is 19.0 Å². The quantitative estimate of drug-likeness (QED) is 0.492. The number of anilines is 1. The third-order valence-electron chi connectivity index (χ3n) is 3.96. The number of halogens is 4. The van der Waals surface area contributed by atoms with E-state index in [0.717, 1.165) is 36.1 Å². The minimum absolute atomic E-state index is 0.0733. The van der Waals surface area contributed by atoms with Crippen molar-refractivity contribution in [3.8, 4) is 0 Å². The summed E-state index contributed by atoms with van der Waals surface area (Å²) < 4.78 is 39.9. The molecule has 1 fully saturated rings. The molecule has 2 heterocycles. The van der Waals surface area contributed by atoms with Crippen LogP contribution in [0.3, 0.4) is 0 Å². The summed E-state index contributed by atoms with van der Waals surface area (Å²) in [5, 5.41) is 3.48. The molecular formula is C20H24ClF3N4O. The van der Waals surface area contributed by atoms with Gasteiger partial charge in [0.1, 0.15) is 11.5 Å². The molecule has 2 aromatic rings. The maximum absolute atomic E-state index is 13.0. The molecule has 29 heavy (non-hydrogen) atoms. The van der Waals surface area contributed by atoms with Gasteiger partial charge in [0.25, 0.3) is 0 Å². The number of nitrogens with one attached hydrogen (secondary N) is 1. The highest BCUT2D eigenvalue weighted by Crippen LogP contribution is 2.31. The molecule has 158 valence electrons. The Morgan fingerprint density at radius 2 is 1.90 bits per heavy atom. The van der Waals surface area contributed by atoms with Crippen LogP contribution in [0.15, 0.2) is 47.8 Å². The van der Waals surface area contributed by atoms with E-state index in [0.29, 0.717) is 5.39 Å². The second kappa shape index (κ2) is 10.8. The molecular weight excluding hydrogens is 405 g/mol. The number of alkyl halides is 3. The first kappa shape index (κ1) is 24.4. The van der Waals surface area contributed by atoms with Gasteiger partial charge in [0.15, 0.2) is 5.65 Å². The van der Waals surface area contributed by atoms with Crippen LogP contribution in [0.25, 0.3) is 17.2 Å². The van der Waals surface area contributed by atoms with E-state index in [1.165, 1.54) is 12.1 Å². The molecule has 0 aromatic carbocycles. The maximum Gasteiger partial charge on any atom is 0.433 e. The zero-order valence-electron chi connectivity index (χ0n) is 16.4. The van der Waals surface area contributed by atoms with Crippen LogP contribution in [0.5, 0.6) is 0 Å². The minimum Gasteiger partial charge on any atom is -0.367 e. The van der Waals surface area contributed by atoms with Crippen LogP contribution in [0.2, 0.25) is 0 Å². The lowest BCUT2D eigenvalue weighted by Gasteiger charge is -2.27. The molecule has 2 aromatic heterocycles. The molecule has 0 unspecified atom stereocenters. The Bertz CT molecular complexity index is 934. The normalized spacial score (nSPS) is 14.1. The third kappa shape index (κ3) is 5.93. The van der Waals surface area contributed by atoms with Gasteiger partial charge in [-0.3, -0.25) is 0 Å². The zero-order valence-corrected chi connectivity index (χ0v) is 17.1. The Hall–Kier alpha value is -2.61. The van der Waals surface area contributed by atoms with Crippen molar-refractivity contribution in [1.82, 2.24) is 14.5 Å². The topological polar surface area (TPSA) is 59.8 Å². The van der Waals surface area contributed by atoms with Crippen LogP contribution < -0.4 is 11.0 Å². The van der Waals surface area contributed by atoms with E-state index >= 15 is 0 Å². The van der Waals surface area contributed by atoms with Gasteiger partial charge in [-0.05, 0) is 37.5 Å². The number of rotatable bonds is 4. The number of allylic oxidation sites excluding steroid dienone is 2. The molecule has 0 saturated heterocycles. The Kier molecular flexibility index (Phi) is 9.10. The predicted octanol–water partition coefficient (Wildman–Crippen LogP) is 5.83. The summed E-state index contributed by atoms with van der Waals surface area (Å²) in [5.74, 6) is 0.227. The molecule has 1 N–H and O–H groups in total. The summed E-state index contributed by atoms with van der Waals surface area (Å²) >= 11 is 5.85. The lowest BCUT2D eigenvalue weighted by molar-refractivity contribution is -0.141. The van der Waals surface area contributed by atoms with Gasteiger partial charge >= 0.3 is 11.9 Å². The largest absolute Gasteiger partial charge is 0.433 e. The number of hydrogen-bond donors (Lipinski definition) is 1. The average molecular weight is 429 g/mol. The molecule has 0 bridgehead atoms. The van der Waals surface area contributed by atoms with Crippen molar-refractivity contribution in [2.75, 3.05) is 5.32 Å². The minimum atomic E-state index is -4.63. The number of fused-ring (bicyclic) bond motifs is 1. The molecule has 3 rings (SSSR count). The molecule has 0 amide bonds. The molecule has 0 aliphatic heterocycles. The fourth-order valence-corrected chi connectivity index (χ4v) is 2.52. The smallest absolute Gasteiger partial charge is 0.367 e. The summed E-state index contributed by atoms with van der Waals surface area (Å²) in [7, 11) is 0. The molecule has 0 atom stereocenters. The Morgan fingerprint density at radius 3 is 2.38 bits per heavy atom. The molecule has 1 aliphatic carbocycles. The van der Waals surface area contributed by atoms with Crippen molar-refractivity contribution in [3.63, 3.8) is 0 Å². The highest BCUT2D eigenvalue weighted by molar-refractivity contribution is 6.32. The van der Waals surface area contributed by atoms with E-state index in [9.17, 15) is 18.0 Å².